The molecule has 1 saturated heterocycles. The van der Waals surface area contributed by atoms with Gasteiger partial charge in [-0.3, -0.25) is 24.2 Å². The van der Waals surface area contributed by atoms with E-state index in [2.05, 4.69) is 4.90 Å². The van der Waals surface area contributed by atoms with Crippen molar-refractivity contribution in [3.05, 3.63) is 64.7 Å². The van der Waals surface area contributed by atoms with Gasteiger partial charge in [0.2, 0.25) is 0 Å². The number of halogens is 3. The van der Waals surface area contributed by atoms with Crippen LogP contribution in [0.25, 0.3) is 0 Å². The van der Waals surface area contributed by atoms with Crippen molar-refractivity contribution in [3.8, 4) is 5.75 Å². The van der Waals surface area contributed by atoms with Crippen molar-refractivity contribution in [2.45, 2.75) is 51.2 Å². The van der Waals surface area contributed by atoms with Gasteiger partial charge in [-0.1, -0.05) is 30.3 Å². The zero-order valence-electron chi connectivity index (χ0n) is 21.0. The van der Waals surface area contributed by atoms with E-state index in [0.29, 0.717) is 56.9 Å². The smallest absolute Gasteiger partial charge is 0.401 e. The molecule has 7 nitrogen and oxygen atoms in total. The molecule has 2 aromatic carbocycles. The Balaban J connectivity index is 1.19. The number of piperazine rings is 1. The number of nitrogens with zero attached hydrogens (tertiary/aromatic N) is 3. The van der Waals surface area contributed by atoms with Gasteiger partial charge < -0.3 is 9.64 Å². The van der Waals surface area contributed by atoms with E-state index >= 15 is 0 Å². The Labute approximate surface area is 219 Å². The van der Waals surface area contributed by atoms with Gasteiger partial charge in [-0.05, 0) is 29.7 Å². The lowest BCUT2D eigenvalue weighted by Gasteiger charge is -2.35. The molecule has 1 amide bonds. The number of carbonyl (C=O) groups excluding carboxylic acids is 3. The molecule has 0 bridgehead atoms. The van der Waals surface area contributed by atoms with Gasteiger partial charge >= 0.3 is 6.18 Å². The third kappa shape index (κ3) is 6.07. The van der Waals surface area contributed by atoms with Gasteiger partial charge in [0.25, 0.3) is 5.91 Å². The number of ether oxygens (including phenoxy) is 1. The molecule has 2 heterocycles. The van der Waals surface area contributed by atoms with Gasteiger partial charge in [0.1, 0.15) is 18.1 Å². The van der Waals surface area contributed by atoms with Crippen LogP contribution < -0.4 is 4.74 Å². The first-order chi connectivity index (χ1) is 18.2. The summed E-state index contributed by atoms with van der Waals surface area (Å²) in [5, 5.41) is 0. The van der Waals surface area contributed by atoms with Gasteiger partial charge in [0.15, 0.2) is 5.78 Å². The summed E-state index contributed by atoms with van der Waals surface area (Å²) in [6.07, 6.45) is -3.63. The van der Waals surface area contributed by atoms with Crippen molar-refractivity contribution < 1.29 is 32.3 Å². The van der Waals surface area contributed by atoms with Crippen molar-refractivity contribution in [1.29, 1.82) is 0 Å². The highest BCUT2D eigenvalue weighted by molar-refractivity contribution is 6.07. The predicted molar refractivity (Wildman–Crippen MR) is 133 cm³/mol. The summed E-state index contributed by atoms with van der Waals surface area (Å²) in [6, 6.07) is 12.6. The highest BCUT2D eigenvalue weighted by Gasteiger charge is 2.40. The van der Waals surface area contributed by atoms with Gasteiger partial charge in [0, 0.05) is 50.3 Å². The topological polar surface area (TPSA) is 70.2 Å². The van der Waals surface area contributed by atoms with E-state index in [1.807, 2.05) is 30.3 Å². The van der Waals surface area contributed by atoms with Crippen LogP contribution in [0.3, 0.4) is 0 Å². The molecule has 2 fully saturated rings. The minimum atomic E-state index is -4.17. The van der Waals surface area contributed by atoms with Crippen LogP contribution in [0.1, 0.15) is 46.3 Å². The summed E-state index contributed by atoms with van der Waals surface area (Å²) < 4.78 is 44.0. The monoisotopic (exact) mass is 529 g/mol. The molecule has 1 saturated carbocycles. The molecule has 1 aliphatic carbocycles. The van der Waals surface area contributed by atoms with E-state index < -0.39 is 18.8 Å². The Morgan fingerprint density at radius 2 is 1.63 bits per heavy atom. The van der Waals surface area contributed by atoms with Crippen LogP contribution in [0.5, 0.6) is 5.75 Å². The molecule has 38 heavy (non-hydrogen) atoms. The van der Waals surface area contributed by atoms with Crippen LogP contribution in [-0.4, -0.2) is 77.1 Å². The standard InChI is InChI=1S/C28H30F3N3O4/c29-28(30,31)18-33-11-9-32(10-12-33)15-19-3-1-4-20(13-19)17-38-26-6-2-5-22-23(26)16-34(27(22)37)24-8-7-21(35)14-25(24)36/h1-6,13,24H,7-12,14-18H2. The molecule has 2 aromatic rings. The first-order valence-electron chi connectivity index (χ1n) is 12.9. The number of hydrogen-bond acceptors (Lipinski definition) is 6. The van der Waals surface area contributed by atoms with Crippen LogP contribution in [0, 0.1) is 0 Å². The average Bonchev–Trinajstić information content (AvgIpc) is 3.20. The van der Waals surface area contributed by atoms with Crippen molar-refractivity contribution in [3.63, 3.8) is 0 Å². The fraction of sp³-hybridized carbons (Fsp3) is 0.464. The van der Waals surface area contributed by atoms with Gasteiger partial charge in [-0.15, -0.1) is 0 Å². The molecule has 2 aliphatic heterocycles. The molecule has 0 N–H and O–H groups in total. The second kappa shape index (κ2) is 10.9. The minimum absolute atomic E-state index is 0.0784. The van der Waals surface area contributed by atoms with E-state index in [0.717, 1.165) is 16.7 Å². The van der Waals surface area contributed by atoms with E-state index in [1.165, 1.54) is 4.90 Å². The maximum atomic E-state index is 13.0. The number of alkyl halides is 3. The molecule has 10 heteroatoms. The van der Waals surface area contributed by atoms with Crippen LogP contribution in [0.2, 0.25) is 0 Å². The lowest BCUT2D eigenvalue weighted by atomic mass is 9.92. The maximum absolute atomic E-state index is 13.0. The number of ketones is 2. The largest absolute Gasteiger partial charge is 0.489 e. The molecule has 1 unspecified atom stereocenters. The molecular weight excluding hydrogens is 499 g/mol. The normalized spacial score (nSPS) is 21.2. The Morgan fingerprint density at radius 3 is 2.37 bits per heavy atom. The summed E-state index contributed by atoms with van der Waals surface area (Å²) >= 11 is 0. The van der Waals surface area contributed by atoms with Crippen LogP contribution in [-0.2, 0) is 29.3 Å². The first kappa shape index (κ1) is 26.4. The number of carbonyl (C=O) groups is 3. The van der Waals surface area contributed by atoms with E-state index in [-0.39, 0.29) is 37.0 Å². The average molecular weight is 530 g/mol. The number of benzene rings is 2. The molecular formula is C28H30F3N3O4. The molecule has 3 aliphatic rings. The molecule has 1 atom stereocenters. The Bertz CT molecular complexity index is 1220. The summed E-state index contributed by atoms with van der Waals surface area (Å²) in [7, 11) is 0. The zero-order chi connectivity index (χ0) is 26.9. The second-order valence-corrected chi connectivity index (χ2v) is 10.2. The third-order valence-corrected chi connectivity index (χ3v) is 7.43. The number of Topliss-reactive ketones (excluding diaryl/α,β-unsaturated/α-hetero) is 2. The maximum Gasteiger partial charge on any atom is 0.401 e. The Hall–Kier alpha value is -3.24. The Morgan fingerprint density at radius 1 is 0.921 bits per heavy atom. The van der Waals surface area contributed by atoms with Crippen molar-refractivity contribution in [1.82, 2.24) is 14.7 Å². The van der Waals surface area contributed by atoms with Crippen LogP contribution in [0.4, 0.5) is 13.2 Å². The van der Waals surface area contributed by atoms with Gasteiger partial charge in [-0.25, -0.2) is 0 Å². The molecule has 5 rings (SSSR count). The fourth-order valence-corrected chi connectivity index (χ4v) is 5.50. The molecule has 0 radical (unpaired) electrons. The summed E-state index contributed by atoms with van der Waals surface area (Å²) in [4.78, 5) is 42.2. The third-order valence-electron chi connectivity index (χ3n) is 7.43. The van der Waals surface area contributed by atoms with Crippen molar-refractivity contribution in [2.75, 3.05) is 32.7 Å². The zero-order valence-corrected chi connectivity index (χ0v) is 21.0. The molecule has 0 aromatic heterocycles. The molecule has 0 spiro atoms. The second-order valence-electron chi connectivity index (χ2n) is 10.2. The first-order valence-corrected chi connectivity index (χ1v) is 12.9. The van der Waals surface area contributed by atoms with Crippen molar-refractivity contribution >= 4 is 17.5 Å². The SMILES string of the molecule is O=C1CCC(N2Cc3c(OCc4cccc(CN5CCN(CC(F)(F)F)CC5)c4)cccc3C2=O)C(=O)C1. The number of fused-ring (bicyclic) bond motifs is 1. The summed E-state index contributed by atoms with van der Waals surface area (Å²) in [5.74, 6) is 0.0909. The van der Waals surface area contributed by atoms with E-state index in [9.17, 15) is 27.6 Å². The van der Waals surface area contributed by atoms with E-state index in [1.54, 1.807) is 17.0 Å². The number of hydrogen-bond donors (Lipinski definition) is 0. The van der Waals surface area contributed by atoms with E-state index in [4.69, 9.17) is 4.74 Å². The van der Waals surface area contributed by atoms with Crippen LogP contribution >= 0.6 is 0 Å². The van der Waals surface area contributed by atoms with Gasteiger partial charge in [-0.2, -0.15) is 13.2 Å². The number of amides is 1. The summed E-state index contributed by atoms with van der Waals surface area (Å²) in [5.41, 5.74) is 3.26. The highest BCUT2D eigenvalue weighted by Crippen LogP contribution is 2.34. The quantitative estimate of drug-likeness (QED) is 0.511. The number of rotatable bonds is 7. The Kier molecular flexibility index (Phi) is 7.54. The predicted octanol–water partition coefficient (Wildman–Crippen LogP) is 3.59. The van der Waals surface area contributed by atoms with Crippen LogP contribution in [0.15, 0.2) is 42.5 Å². The lowest BCUT2D eigenvalue weighted by molar-refractivity contribution is -0.149. The highest BCUT2D eigenvalue weighted by atomic mass is 19.4. The fourth-order valence-electron chi connectivity index (χ4n) is 5.50. The van der Waals surface area contributed by atoms with Gasteiger partial charge in [0.05, 0.1) is 25.6 Å². The molecule has 202 valence electrons. The minimum Gasteiger partial charge on any atom is -0.489 e. The lowest BCUT2D eigenvalue weighted by Crippen LogP contribution is -2.48. The summed E-state index contributed by atoms with van der Waals surface area (Å²) in [6.45, 7) is 2.28. The van der Waals surface area contributed by atoms with Crippen molar-refractivity contribution in [2.24, 2.45) is 0 Å².